The van der Waals surface area contributed by atoms with Gasteiger partial charge in [-0.2, -0.15) is 0 Å². The van der Waals surface area contributed by atoms with Gasteiger partial charge in [-0.05, 0) is 45.2 Å². The van der Waals surface area contributed by atoms with E-state index in [2.05, 4.69) is 10.6 Å². The Morgan fingerprint density at radius 3 is 2.67 bits per heavy atom. The van der Waals surface area contributed by atoms with Crippen LogP contribution in [0, 0.1) is 13.8 Å². The molecule has 0 aliphatic rings. The maximum Gasteiger partial charge on any atom is 0.234 e. The van der Waals surface area contributed by atoms with Crippen LogP contribution >= 0.6 is 11.3 Å². The predicted molar refractivity (Wildman–Crippen MR) is 85.5 cm³/mol. The smallest absolute Gasteiger partial charge is 0.234 e. The Kier molecular flexibility index (Phi) is 5.20. The number of amides is 1. The molecule has 2 rings (SSSR count). The first-order valence-electron chi connectivity index (χ1n) is 7.10. The highest BCUT2D eigenvalue weighted by atomic mass is 32.1. The van der Waals surface area contributed by atoms with Gasteiger partial charge in [0.1, 0.15) is 11.5 Å². The van der Waals surface area contributed by atoms with Crippen LogP contribution in [-0.2, 0) is 4.79 Å². The molecule has 1 amide bonds. The van der Waals surface area contributed by atoms with Gasteiger partial charge in [-0.15, -0.1) is 11.3 Å². The Labute approximate surface area is 129 Å². The third-order valence-electron chi connectivity index (χ3n) is 3.46. The molecular weight excluding hydrogens is 284 g/mol. The van der Waals surface area contributed by atoms with Crippen molar-refractivity contribution in [1.82, 2.24) is 10.6 Å². The summed E-state index contributed by atoms with van der Waals surface area (Å²) < 4.78 is 5.52. The summed E-state index contributed by atoms with van der Waals surface area (Å²) in [4.78, 5) is 13.1. The summed E-state index contributed by atoms with van der Waals surface area (Å²) in [6.07, 6.45) is 0. The van der Waals surface area contributed by atoms with Gasteiger partial charge < -0.3 is 15.1 Å². The maximum atomic E-state index is 12.0. The Bertz CT molecular complexity index is 589. The number of hydrogen-bond donors (Lipinski definition) is 2. The van der Waals surface area contributed by atoms with E-state index < -0.39 is 0 Å². The normalized spacial score (nSPS) is 13.9. The van der Waals surface area contributed by atoms with Crippen LogP contribution in [0.5, 0.6) is 0 Å². The molecule has 0 saturated heterocycles. The first-order valence-corrected chi connectivity index (χ1v) is 7.98. The fraction of sp³-hybridized carbons (Fsp3) is 0.438. The van der Waals surface area contributed by atoms with Crippen LogP contribution in [-0.4, -0.2) is 12.5 Å². The molecule has 2 atom stereocenters. The molecular formula is C16H22N2O2S. The Morgan fingerprint density at radius 2 is 2.10 bits per heavy atom. The van der Waals surface area contributed by atoms with Crippen LogP contribution < -0.4 is 10.6 Å². The standard InChI is InChI=1S/C16H22N2O2S/c1-10-8-14(13(4)20-10)11(2)17-9-16(19)18-12(3)15-6-5-7-21-15/h5-8,11-12,17H,9H2,1-4H3,(H,18,19)/t11-,12+/m0/s1. The highest BCUT2D eigenvalue weighted by Gasteiger charge is 2.15. The third-order valence-corrected chi connectivity index (χ3v) is 4.52. The monoisotopic (exact) mass is 306 g/mol. The Hall–Kier alpha value is -1.59. The second-order valence-electron chi connectivity index (χ2n) is 5.28. The molecule has 2 aromatic heterocycles. The van der Waals surface area contributed by atoms with Crippen LogP contribution in [0.1, 0.15) is 47.9 Å². The van der Waals surface area contributed by atoms with E-state index in [4.69, 9.17) is 4.42 Å². The maximum absolute atomic E-state index is 12.0. The minimum Gasteiger partial charge on any atom is -0.466 e. The largest absolute Gasteiger partial charge is 0.466 e. The molecule has 0 aromatic carbocycles. The Balaban J connectivity index is 1.82. The van der Waals surface area contributed by atoms with E-state index in [9.17, 15) is 4.79 Å². The first kappa shape index (κ1) is 15.8. The van der Waals surface area contributed by atoms with Crippen molar-refractivity contribution in [3.8, 4) is 0 Å². The molecule has 0 radical (unpaired) electrons. The minimum absolute atomic E-state index is 0.000574. The van der Waals surface area contributed by atoms with E-state index in [-0.39, 0.29) is 18.0 Å². The zero-order chi connectivity index (χ0) is 15.4. The van der Waals surface area contributed by atoms with E-state index >= 15 is 0 Å². The average Bonchev–Trinajstić information content (AvgIpc) is 3.05. The molecule has 2 aromatic rings. The first-order chi connectivity index (χ1) is 9.97. The molecule has 0 unspecified atom stereocenters. The predicted octanol–water partition coefficient (Wildman–Crippen LogP) is 3.49. The molecule has 0 spiro atoms. The zero-order valence-electron chi connectivity index (χ0n) is 12.9. The SMILES string of the molecule is Cc1cc([C@H](C)NCC(=O)N[C@H](C)c2cccs2)c(C)o1. The summed E-state index contributed by atoms with van der Waals surface area (Å²) in [5.74, 6) is 1.80. The van der Waals surface area contributed by atoms with Gasteiger partial charge in [-0.1, -0.05) is 6.07 Å². The van der Waals surface area contributed by atoms with Gasteiger partial charge in [0.25, 0.3) is 0 Å². The van der Waals surface area contributed by atoms with E-state index in [0.717, 1.165) is 22.0 Å². The lowest BCUT2D eigenvalue weighted by Gasteiger charge is -2.15. The zero-order valence-corrected chi connectivity index (χ0v) is 13.7. The molecule has 4 nitrogen and oxygen atoms in total. The molecule has 2 heterocycles. The third kappa shape index (κ3) is 4.19. The summed E-state index contributed by atoms with van der Waals surface area (Å²) in [7, 11) is 0. The number of carbonyl (C=O) groups excluding carboxylic acids is 1. The van der Waals surface area contributed by atoms with Gasteiger partial charge in [-0.3, -0.25) is 4.79 Å². The van der Waals surface area contributed by atoms with Gasteiger partial charge >= 0.3 is 0 Å². The van der Waals surface area contributed by atoms with Crippen molar-refractivity contribution in [1.29, 1.82) is 0 Å². The molecule has 0 bridgehead atoms. The molecule has 0 fully saturated rings. The molecule has 0 saturated carbocycles. The number of aryl methyl sites for hydroxylation is 2. The minimum atomic E-state index is 0.000574. The molecule has 2 N–H and O–H groups in total. The molecule has 114 valence electrons. The van der Waals surface area contributed by atoms with Crippen molar-refractivity contribution >= 4 is 17.2 Å². The van der Waals surface area contributed by atoms with Gasteiger partial charge in [0.05, 0.1) is 12.6 Å². The fourth-order valence-corrected chi connectivity index (χ4v) is 3.07. The van der Waals surface area contributed by atoms with E-state index in [1.807, 2.05) is 51.3 Å². The van der Waals surface area contributed by atoms with Gasteiger partial charge in [-0.25, -0.2) is 0 Å². The molecule has 21 heavy (non-hydrogen) atoms. The average molecular weight is 306 g/mol. The number of nitrogens with one attached hydrogen (secondary N) is 2. The van der Waals surface area contributed by atoms with Crippen molar-refractivity contribution in [2.75, 3.05) is 6.54 Å². The van der Waals surface area contributed by atoms with Crippen LogP contribution in [0.3, 0.4) is 0 Å². The Morgan fingerprint density at radius 1 is 1.33 bits per heavy atom. The van der Waals surface area contributed by atoms with Crippen molar-refractivity contribution in [2.24, 2.45) is 0 Å². The van der Waals surface area contributed by atoms with Crippen molar-refractivity contribution in [2.45, 2.75) is 39.8 Å². The highest BCUT2D eigenvalue weighted by molar-refractivity contribution is 7.10. The summed E-state index contributed by atoms with van der Waals surface area (Å²) >= 11 is 1.65. The van der Waals surface area contributed by atoms with Crippen molar-refractivity contribution in [3.63, 3.8) is 0 Å². The second kappa shape index (κ2) is 6.91. The lowest BCUT2D eigenvalue weighted by Crippen LogP contribution is -2.36. The van der Waals surface area contributed by atoms with Gasteiger partial charge in [0.2, 0.25) is 5.91 Å². The van der Waals surface area contributed by atoms with Crippen molar-refractivity contribution in [3.05, 3.63) is 45.5 Å². The summed E-state index contributed by atoms with van der Waals surface area (Å²) in [5, 5.41) is 8.25. The lowest BCUT2D eigenvalue weighted by atomic mass is 10.1. The van der Waals surface area contributed by atoms with E-state index in [0.29, 0.717) is 6.54 Å². The summed E-state index contributed by atoms with van der Waals surface area (Å²) in [6.45, 7) is 8.20. The molecule has 0 aliphatic heterocycles. The van der Waals surface area contributed by atoms with Crippen LogP contribution in [0.15, 0.2) is 28.0 Å². The second-order valence-corrected chi connectivity index (χ2v) is 6.26. The highest BCUT2D eigenvalue weighted by Crippen LogP contribution is 2.21. The topological polar surface area (TPSA) is 54.3 Å². The number of carbonyl (C=O) groups is 1. The van der Waals surface area contributed by atoms with Crippen LogP contribution in [0.4, 0.5) is 0 Å². The number of thiophene rings is 1. The van der Waals surface area contributed by atoms with E-state index in [1.165, 1.54) is 0 Å². The summed E-state index contributed by atoms with van der Waals surface area (Å²) in [6, 6.07) is 6.17. The van der Waals surface area contributed by atoms with Crippen molar-refractivity contribution < 1.29 is 9.21 Å². The lowest BCUT2D eigenvalue weighted by molar-refractivity contribution is -0.121. The fourth-order valence-electron chi connectivity index (χ4n) is 2.34. The molecule has 0 aliphatic carbocycles. The number of hydrogen-bond acceptors (Lipinski definition) is 4. The van der Waals surface area contributed by atoms with E-state index in [1.54, 1.807) is 11.3 Å². The number of rotatable bonds is 6. The van der Waals surface area contributed by atoms with Crippen LogP contribution in [0.2, 0.25) is 0 Å². The van der Waals surface area contributed by atoms with Gasteiger partial charge in [0.15, 0.2) is 0 Å². The van der Waals surface area contributed by atoms with Gasteiger partial charge in [0, 0.05) is 16.5 Å². The quantitative estimate of drug-likeness (QED) is 0.859. The van der Waals surface area contributed by atoms with Crippen LogP contribution in [0.25, 0.3) is 0 Å². The molecule has 5 heteroatoms. The summed E-state index contributed by atoms with van der Waals surface area (Å²) in [5.41, 5.74) is 1.10. The number of furan rings is 1.